The Morgan fingerprint density at radius 1 is 0.357 bits per heavy atom. The number of rotatable bonds is 6. The van der Waals surface area contributed by atoms with Crippen LogP contribution in [0.25, 0.3) is 88.4 Å². The molecule has 0 aliphatic heterocycles. The molecular weight excluding hydrogens is 677 g/mol. The van der Waals surface area contributed by atoms with Crippen LogP contribution in [0.4, 0.5) is 0 Å². The van der Waals surface area contributed by atoms with Gasteiger partial charge in [-0.05, 0) is 100.0 Å². The van der Waals surface area contributed by atoms with Gasteiger partial charge in [0.05, 0.1) is 22.1 Å². The summed E-state index contributed by atoms with van der Waals surface area (Å²) < 4.78 is 4.86. The van der Waals surface area contributed by atoms with Crippen molar-refractivity contribution in [3.63, 3.8) is 0 Å². The maximum Gasteiger partial charge on any atom is 0.0547 e. The van der Waals surface area contributed by atoms with Crippen LogP contribution in [0.3, 0.4) is 0 Å². The Balaban J connectivity index is 1.01. The van der Waals surface area contributed by atoms with Crippen LogP contribution < -0.4 is 0 Å². The summed E-state index contributed by atoms with van der Waals surface area (Å²) in [6, 6.07) is 70.8. The minimum Gasteiger partial charge on any atom is -0.310 e. The zero-order chi connectivity index (χ0) is 37.0. The molecule has 11 rings (SSSR count). The number of nitrogens with zero attached hydrogens (tertiary/aromatic N) is 2. The van der Waals surface area contributed by atoms with Crippen molar-refractivity contribution in [2.45, 2.75) is 12.3 Å². The first kappa shape index (κ1) is 32.3. The monoisotopic (exact) mass is 714 g/mol. The molecular formula is C54H38N2. The maximum atomic E-state index is 2.47. The number of aromatic nitrogens is 2. The van der Waals surface area contributed by atoms with Crippen LogP contribution in [0.5, 0.6) is 0 Å². The fourth-order valence-electron chi connectivity index (χ4n) is 8.87. The van der Waals surface area contributed by atoms with Gasteiger partial charge in [0.15, 0.2) is 0 Å². The molecule has 0 saturated heterocycles. The zero-order valence-corrected chi connectivity index (χ0v) is 30.9. The molecule has 2 heterocycles. The second-order valence-electron chi connectivity index (χ2n) is 14.9. The first-order valence-electron chi connectivity index (χ1n) is 19.5. The number of hydrogen-bond acceptors (Lipinski definition) is 0. The van der Waals surface area contributed by atoms with Crippen LogP contribution in [-0.4, -0.2) is 9.13 Å². The van der Waals surface area contributed by atoms with E-state index in [0.717, 1.165) is 6.42 Å². The van der Waals surface area contributed by atoms with E-state index < -0.39 is 0 Å². The van der Waals surface area contributed by atoms with Gasteiger partial charge in [-0.2, -0.15) is 0 Å². The Kier molecular flexibility index (Phi) is 7.67. The van der Waals surface area contributed by atoms with Crippen molar-refractivity contribution < 1.29 is 0 Å². The van der Waals surface area contributed by atoms with Gasteiger partial charge in [0.25, 0.3) is 0 Å². The molecule has 56 heavy (non-hydrogen) atoms. The van der Waals surface area contributed by atoms with Crippen LogP contribution in [0.15, 0.2) is 212 Å². The van der Waals surface area contributed by atoms with E-state index in [-0.39, 0.29) is 0 Å². The van der Waals surface area contributed by atoms with Crippen LogP contribution >= 0.6 is 0 Å². The highest BCUT2D eigenvalue weighted by atomic mass is 15.0. The van der Waals surface area contributed by atoms with Gasteiger partial charge < -0.3 is 9.13 Å². The van der Waals surface area contributed by atoms with Gasteiger partial charge in [-0.25, -0.2) is 0 Å². The minimum absolute atomic E-state index is 0.339. The summed E-state index contributed by atoms with van der Waals surface area (Å²) in [4.78, 5) is 0. The third-order valence-electron chi connectivity index (χ3n) is 11.7. The molecule has 0 fully saturated rings. The Labute approximate surface area is 326 Å². The number of benzene rings is 8. The molecule has 1 aliphatic rings. The zero-order valence-electron chi connectivity index (χ0n) is 30.9. The predicted octanol–water partition coefficient (Wildman–Crippen LogP) is 14.5. The van der Waals surface area contributed by atoms with E-state index in [9.17, 15) is 0 Å². The number of para-hydroxylation sites is 2. The van der Waals surface area contributed by atoms with E-state index in [2.05, 4.69) is 221 Å². The van der Waals surface area contributed by atoms with Gasteiger partial charge in [-0.3, -0.25) is 0 Å². The molecule has 2 heteroatoms. The molecule has 1 aliphatic carbocycles. The Bertz CT molecular complexity index is 3130. The minimum atomic E-state index is 0.339. The molecule has 8 aromatic carbocycles. The van der Waals surface area contributed by atoms with Crippen molar-refractivity contribution in [1.82, 2.24) is 9.13 Å². The highest BCUT2D eigenvalue weighted by Gasteiger charge is 2.19. The second-order valence-corrected chi connectivity index (χ2v) is 14.9. The predicted molar refractivity (Wildman–Crippen MR) is 237 cm³/mol. The fourth-order valence-corrected chi connectivity index (χ4v) is 8.87. The summed E-state index contributed by atoms with van der Waals surface area (Å²) in [5.74, 6) is 0.339. The van der Waals surface area contributed by atoms with Crippen molar-refractivity contribution in [2.24, 2.45) is 0 Å². The lowest BCUT2D eigenvalue weighted by Gasteiger charge is -2.19. The van der Waals surface area contributed by atoms with Gasteiger partial charge in [0.1, 0.15) is 0 Å². The number of allylic oxidation sites excluding steroid dienone is 4. The average Bonchev–Trinajstić information content (AvgIpc) is 3.79. The molecule has 1 atom stereocenters. The van der Waals surface area contributed by atoms with E-state index in [1.54, 1.807) is 0 Å². The van der Waals surface area contributed by atoms with E-state index >= 15 is 0 Å². The van der Waals surface area contributed by atoms with E-state index in [0.29, 0.717) is 5.92 Å². The molecule has 2 nitrogen and oxygen atoms in total. The van der Waals surface area contributed by atoms with Crippen molar-refractivity contribution in [3.05, 3.63) is 218 Å². The molecule has 1 unspecified atom stereocenters. The normalized spacial score (nSPS) is 14.2. The SMILES string of the molecule is C1=CC(c2ccc(-c3ccccc3)cc2)CC=C1n1c2ccc(-c3ccc4c(c3)c3ccccc3n4-c3ccccc3)cc2c2ccc(-c3ccccc3)cc21. The van der Waals surface area contributed by atoms with Crippen molar-refractivity contribution in [3.8, 4) is 39.1 Å². The molecule has 0 bridgehead atoms. The van der Waals surface area contributed by atoms with Crippen LogP contribution in [0.2, 0.25) is 0 Å². The molecule has 264 valence electrons. The van der Waals surface area contributed by atoms with Crippen LogP contribution in [0, 0.1) is 0 Å². The molecule has 0 N–H and O–H groups in total. The average molecular weight is 715 g/mol. The fraction of sp³-hybridized carbons (Fsp3) is 0.0370. The summed E-state index contributed by atoms with van der Waals surface area (Å²) >= 11 is 0. The van der Waals surface area contributed by atoms with Crippen molar-refractivity contribution in [2.75, 3.05) is 0 Å². The maximum absolute atomic E-state index is 2.47. The van der Waals surface area contributed by atoms with Crippen molar-refractivity contribution >= 4 is 49.3 Å². The van der Waals surface area contributed by atoms with Crippen LogP contribution in [0.1, 0.15) is 17.9 Å². The largest absolute Gasteiger partial charge is 0.310 e. The first-order chi connectivity index (χ1) is 27.8. The standard InChI is InChI=1S/C54H38N2/c1-4-12-37(13-5-1)39-20-22-40(23-21-39)41-24-29-46(30-25-41)56-53-33-28-43(35-50(53)48-31-26-44(36-54(48)56)38-14-6-2-7-15-38)42-27-32-52-49(34-42)47-18-10-11-19-51(47)55(52)45-16-8-3-9-17-45/h1-24,26-36,41H,25H2. The van der Waals surface area contributed by atoms with E-state index in [1.807, 2.05) is 0 Å². The Hall–Kier alpha value is -7.16. The Morgan fingerprint density at radius 2 is 0.857 bits per heavy atom. The number of hydrogen-bond donors (Lipinski definition) is 0. The lowest BCUT2D eigenvalue weighted by atomic mass is 9.90. The third kappa shape index (κ3) is 5.41. The molecule has 0 radical (unpaired) electrons. The third-order valence-corrected chi connectivity index (χ3v) is 11.7. The van der Waals surface area contributed by atoms with E-state index in [4.69, 9.17) is 0 Å². The summed E-state index contributed by atoms with van der Waals surface area (Å²) in [5.41, 5.74) is 16.0. The highest BCUT2D eigenvalue weighted by Crippen LogP contribution is 2.41. The molecule has 2 aromatic heterocycles. The summed E-state index contributed by atoms with van der Waals surface area (Å²) in [6.07, 6.45) is 8.09. The summed E-state index contributed by atoms with van der Waals surface area (Å²) in [6.45, 7) is 0. The summed E-state index contributed by atoms with van der Waals surface area (Å²) in [5, 5.41) is 5.05. The van der Waals surface area contributed by atoms with Crippen molar-refractivity contribution in [1.29, 1.82) is 0 Å². The number of fused-ring (bicyclic) bond motifs is 6. The smallest absolute Gasteiger partial charge is 0.0547 e. The molecule has 0 spiro atoms. The topological polar surface area (TPSA) is 9.86 Å². The van der Waals surface area contributed by atoms with Crippen LogP contribution in [-0.2, 0) is 0 Å². The quantitative estimate of drug-likeness (QED) is 0.162. The molecule has 10 aromatic rings. The summed E-state index contributed by atoms with van der Waals surface area (Å²) in [7, 11) is 0. The lowest BCUT2D eigenvalue weighted by molar-refractivity contribution is 0.850. The lowest BCUT2D eigenvalue weighted by Crippen LogP contribution is -2.03. The highest BCUT2D eigenvalue weighted by molar-refractivity contribution is 6.14. The molecule has 0 saturated carbocycles. The van der Waals surface area contributed by atoms with Gasteiger partial charge in [0, 0.05) is 38.8 Å². The van der Waals surface area contributed by atoms with E-state index in [1.165, 1.54) is 93.9 Å². The first-order valence-corrected chi connectivity index (χ1v) is 19.5. The van der Waals surface area contributed by atoms with Gasteiger partial charge >= 0.3 is 0 Å². The van der Waals surface area contributed by atoms with Gasteiger partial charge in [-0.1, -0.05) is 158 Å². The van der Waals surface area contributed by atoms with Gasteiger partial charge in [-0.15, -0.1) is 0 Å². The Morgan fingerprint density at radius 3 is 1.52 bits per heavy atom. The molecule has 0 amide bonds. The second kappa shape index (κ2) is 13.3. The van der Waals surface area contributed by atoms with Gasteiger partial charge in [0.2, 0.25) is 0 Å².